The van der Waals surface area contributed by atoms with Crippen LogP contribution < -0.4 is 4.90 Å². The Morgan fingerprint density at radius 3 is 1.43 bits per heavy atom. The van der Waals surface area contributed by atoms with Gasteiger partial charge in [-0.15, -0.1) is 0 Å². The second kappa shape index (κ2) is 12.3. The van der Waals surface area contributed by atoms with Gasteiger partial charge < -0.3 is 9.32 Å². The van der Waals surface area contributed by atoms with Crippen molar-refractivity contribution in [1.29, 1.82) is 0 Å². The number of halogens is 1. The standard InChI is InChI=1S/C43H29FN2O/c44-33-25-28-41-42(29-33)47-43(45-41)32-21-19-30(20-22-32)37-15-7-9-17-39(37)40-18-10-8-16-38(40)31-23-26-36(27-24-31)46(34-11-3-1-4-12-34)35-13-5-2-6-14-35/h1-29H. The summed E-state index contributed by atoms with van der Waals surface area (Å²) in [6, 6.07) is 59.3. The number of oxazole rings is 1. The predicted molar refractivity (Wildman–Crippen MR) is 190 cm³/mol. The molecule has 4 heteroatoms. The first-order chi connectivity index (χ1) is 23.2. The molecule has 47 heavy (non-hydrogen) atoms. The minimum absolute atomic E-state index is 0.343. The van der Waals surface area contributed by atoms with E-state index < -0.39 is 0 Å². The third kappa shape index (κ3) is 5.58. The maximum atomic E-state index is 13.7. The lowest BCUT2D eigenvalue weighted by Crippen LogP contribution is -2.09. The SMILES string of the molecule is Fc1ccc2nc(-c3ccc(-c4ccccc4-c4ccccc4-c4ccc(N(c5ccccc5)c5ccccc5)cc4)cc3)oc2c1. The molecule has 0 atom stereocenters. The van der Waals surface area contributed by atoms with Crippen LogP contribution in [0.3, 0.4) is 0 Å². The van der Waals surface area contributed by atoms with Gasteiger partial charge in [0, 0.05) is 28.7 Å². The third-order valence-electron chi connectivity index (χ3n) is 8.40. The number of rotatable bonds is 7. The summed E-state index contributed by atoms with van der Waals surface area (Å²) >= 11 is 0. The van der Waals surface area contributed by atoms with E-state index in [1.165, 1.54) is 12.1 Å². The maximum Gasteiger partial charge on any atom is 0.227 e. The van der Waals surface area contributed by atoms with Gasteiger partial charge in [-0.2, -0.15) is 0 Å². The van der Waals surface area contributed by atoms with E-state index in [2.05, 4.69) is 143 Å². The number of nitrogens with zero attached hydrogens (tertiary/aromatic N) is 2. The number of hydrogen-bond donors (Lipinski definition) is 0. The van der Waals surface area contributed by atoms with Crippen LogP contribution in [0.2, 0.25) is 0 Å². The van der Waals surface area contributed by atoms with Crippen molar-refractivity contribution in [2.45, 2.75) is 0 Å². The summed E-state index contributed by atoms with van der Waals surface area (Å²) in [5.41, 5.74) is 12.0. The van der Waals surface area contributed by atoms with E-state index in [-0.39, 0.29) is 5.82 Å². The van der Waals surface area contributed by atoms with Crippen molar-refractivity contribution >= 4 is 28.2 Å². The van der Waals surface area contributed by atoms with Gasteiger partial charge in [0.05, 0.1) is 0 Å². The van der Waals surface area contributed by atoms with Crippen molar-refractivity contribution in [3.8, 4) is 44.8 Å². The summed E-state index contributed by atoms with van der Waals surface area (Å²) in [5.74, 6) is 0.127. The van der Waals surface area contributed by atoms with E-state index in [1.54, 1.807) is 6.07 Å². The summed E-state index contributed by atoms with van der Waals surface area (Å²) in [5, 5.41) is 0. The number of benzene rings is 7. The van der Waals surface area contributed by atoms with Crippen LogP contribution in [0.5, 0.6) is 0 Å². The zero-order valence-corrected chi connectivity index (χ0v) is 25.4. The molecule has 0 fully saturated rings. The van der Waals surface area contributed by atoms with Gasteiger partial charge in [-0.3, -0.25) is 0 Å². The minimum atomic E-state index is -0.343. The number of aromatic nitrogens is 1. The molecule has 0 N–H and O–H groups in total. The van der Waals surface area contributed by atoms with Crippen molar-refractivity contribution in [1.82, 2.24) is 4.98 Å². The smallest absolute Gasteiger partial charge is 0.227 e. The molecule has 0 radical (unpaired) electrons. The highest BCUT2D eigenvalue weighted by Gasteiger charge is 2.16. The minimum Gasteiger partial charge on any atom is -0.436 e. The predicted octanol–water partition coefficient (Wildman–Crippen LogP) is 12.1. The lowest BCUT2D eigenvalue weighted by Gasteiger charge is -2.25. The van der Waals surface area contributed by atoms with E-state index >= 15 is 0 Å². The Balaban J connectivity index is 1.14. The van der Waals surface area contributed by atoms with E-state index in [0.29, 0.717) is 17.0 Å². The Labute approximate surface area is 272 Å². The number of para-hydroxylation sites is 2. The first-order valence-electron chi connectivity index (χ1n) is 15.6. The van der Waals surface area contributed by atoms with Gasteiger partial charge in [-0.25, -0.2) is 9.37 Å². The summed E-state index contributed by atoms with van der Waals surface area (Å²) in [6.07, 6.45) is 0. The fraction of sp³-hybridized carbons (Fsp3) is 0. The van der Waals surface area contributed by atoms with Gasteiger partial charge in [0.25, 0.3) is 0 Å². The van der Waals surface area contributed by atoms with Crippen molar-refractivity contribution < 1.29 is 8.81 Å². The van der Waals surface area contributed by atoms with Crippen LogP contribution in [-0.4, -0.2) is 4.98 Å². The van der Waals surface area contributed by atoms with Crippen LogP contribution in [0.15, 0.2) is 180 Å². The molecule has 3 nitrogen and oxygen atoms in total. The molecular weight excluding hydrogens is 579 g/mol. The van der Waals surface area contributed by atoms with Gasteiger partial charge in [0.1, 0.15) is 11.3 Å². The van der Waals surface area contributed by atoms with Gasteiger partial charge in [-0.05, 0) is 94.0 Å². The van der Waals surface area contributed by atoms with Crippen LogP contribution in [-0.2, 0) is 0 Å². The van der Waals surface area contributed by atoms with Crippen LogP contribution >= 0.6 is 0 Å². The first kappa shape index (κ1) is 28.2. The highest BCUT2D eigenvalue weighted by molar-refractivity contribution is 5.92. The Morgan fingerprint density at radius 2 is 0.872 bits per heavy atom. The Bertz CT molecular complexity index is 2250. The van der Waals surface area contributed by atoms with Crippen molar-refractivity contribution in [2.24, 2.45) is 0 Å². The molecular formula is C43H29FN2O. The number of fused-ring (bicyclic) bond motifs is 1. The van der Waals surface area contributed by atoms with Gasteiger partial charge in [0.2, 0.25) is 5.89 Å². The van der Waals surface area contributed by atoms with Gasteiger partial charge in [0.15, 0.2) is 5.58 Å². The van der Waals surface area contributed by atoms with Gasteiger partial charge >= 0.3 is 0 Å². The summed E-state index contributed by atoms with van der Waals surface area (Å²) in [7, 11) is 0. The maximum absolute atomic E-state index is 13.7. The molecule has 1 heterocycles. The topological polar surface area (TPSA) is 29.3 Å². The van der Waals surface area contributed by atoms with E-state index in [1.807, 2.05) is 24.3 Å². The molecule has 0 amide bonds. The lowest BCUT2D eigenvalue weighted by atomic mass is 9.89. The second-order valence-corrected chi connectivity index (χ2v) is 11.4. The first-order valence-corrected chi connectivity index (χ1v) is 15.6. The molecule has 224 valence electrons. The number of anilines is 3. The summed E-state index contributed by atoms with van der Waals surface area (Å²) < 4.78 is 19.5. The van der Waals surface area contributed by atoms with E-state index in [0.717, 1.165) is 56.0 Å². The largest absolute Gasteiger partial charge is 0.436 e. The van der Waals surface area contributed by atoms with Crippen LogP contribution in [0, 0.1) is 5.82 Å². The zero-order valence-electron chi connectivity index (χ0n) is 25.4. The molecule has 0 aliphatic carbocycles. The molecule has 8 aromatic rings. The average molecular weight is 609 g/mol. The van der Waals surface area contributed by atoms with Crippen molar-refractivity contribution in [3.05, 3.63) is 182 Å². The molecule has 0 bridgehead atoms. The van der Waals surface area contributed by atoms with E-state index in [9.17, 15) is 4.39 Å². The average Bonchev–Trinajstić information content (AvgIpc) is 3.56. The fourth-order valence-corrected chi connectivity index (χ4v) is 6.15. The molecule has 0 aliphatic rings. The van der Waals surface area contributed by atoms with E-state index in [4.69, 9.17) is 4.42 Å². The molecule has 0 saturated carbocycles. The monoisotopic (exact) mass is 608 g/mol. The Kier molecular flexibility index (Phi) is 7.37. The lowest BCUT2D eigenvalue weighted by molar-refractivity contribution is 0.602. The van der Waals surface area contributed by atoms with Crippen LogP contribution in [0.1, 0.15) is 0 Å². The van der Waals surface area contributed by atoms with Crippen LogP contribution in [0.25, 0.3) is 55.9 Å². The van der Waals surface area contributed by atoms with Gasteiger partial charge in [-0.1, -0.05) is 109 Å². The second-order valence-electron chi connectivity index (χ2n) is 11.4. The van der Waals surface area contributed by atoms with Crippen LogP contribution in [0.4, 0.5) is 21.5 Å². The third-order valence-corrected chi connectivity index (χ3v) is 8.40. The molecule has 7 aromatic carbocycles. The molecule has 0 unspecified atom stereocenters. The zero-order chi connectivity index (χ0) is 31.6. The molecule has 8 rings (SSSR count). The molecule has 1 aromatic heterocycles. The normalized spacial score (nSPS) is 11.1. The Morgan fingerprint density at radius 1 is 0.426 bits per heavy atom. The molecule has 0 aliphatic heterocycles. The summed E-state index contributed by atoms with van der Waals surface area (Å²) in [6.45, 7) is 0. The van der Waals surface area contributed by atoms with Crippen molar-refractivity contribution in [2.75, 3.05) is 4.90 Å². The highest BCUT2D eigenvalue weighted by atomic mass is 19.1. The summed E-state index contributed by atoms with van der Waals surface area (Å²) in [4.78, 5) is 6.82. The van der Waals surface area contributed by atoms with Crippen molar-refractivity contribution in [3.63, 3.8) is 0 Å². The molecule has 0 saturated heterocycles. The Hall–Kier alpha value is -6.26. The highest BCUT2D eigenvalue weighted by Crippen LogP contribution is 2.40. The quantitative estimate of drug-likeness (QED) is 0.180. The molecule has 0 spiro atoms. The fourth-order valence-electron chi connectivity index (χ4n) is 6.15. The number of hydrogen-bond acceptors (Lipinski definition) is 3.